The van der Waals surface area contributed by atoms with Gasteiger partial charge < -0.3 is 9.47 Å². The van der Waals surface area contributed by atoms with Gasteiger partial charge in [0.1, 0.15) is 6.10 Å². The SMILES string of the molecule is COC(=O)CC[C@@H](C)[C@H]1CC[C@H]2[C@@H]3CC[C@@H]4C[C@H](OC(=O)c5cccc(CCl)c5)CC[C@]4(C)[C@H]3CC[C@]12C. The highest BCUT2D eigenvalue weighted by molar-refractivity contribution is 6.17. The van der Waals surface area contributed by atoms with E-state index >= 15 is 0 Å². The summed E-state index contributed by atoms with van der Waals surface area (Å²) in [5.74, 6) is 4.49. The molecule has 4 aliphatic carbocycles. The molecule has 5 rings (SSSR count). The third-order valence-corrected chi connectivity index (χ3v) is 12.3. The highest BCUT2D eigenvalue weighted by Gasteiger charge is 2.60. The second kappa shape index (κ2) is 11.1. The first-order chi connectivity index (χ1) is 18.2. The second-order valence-electron chi connectivity index (χ2n) is 13.6. The lowest BCUT2D eigenvalue weighted by molar-refractivity contribution is -0.141. The van der Waals surface area contributed by atoms with E-state index in [-0.39, 0.29) is 18.0 Å². The molecule has 0 spiro atoms. The average Bonchev–Trinajstić information content (AvgIpc) is 3.29. The van der Waals surface area contributed by atoms with E-state index < -0.39 is 0 Å². The van der Waals surface area contributed by atoms with Gasteiger partial charge in [0.2, 0.25) is 0 Å². The summed E-state index contributed by atoms with van der Waals surface area (Å²) < 4.78 is 11.0. The minimum absolute atomic E-state index is 0.0251. The van der Waals surface area contributed by atoms with Crippen LogP contribution in [0.3, 0.4) is 0 Å². The summed E-state index contributed by atoms with van der Waals surface area (Å²) in [6, 6.07) is 7.52. The van der Waals surface area contributed by atoms with Crippen molar-refractivity contribution in [1.82, 2.24) is 0 Å². The lowest BCUT2D eigenvalue weighted by Crippen LogP contribution is -2.54. The first-order valence-corrected chi connectivity index (χ1v) is 15.7. The molecule has 0 unspecified atom stereocenters. The molecule has 9 atom stereocenters. The van der Waals surface area contributed by atoms with Crippen LogP contribution >= 0.6 is 11.6 Å². The predicted octanol–water partition coefficient (Wildman–Crippen LogP) is 8.20. The van der Waals surface area contributed by atoms with Crippen molar-refractivity contribution in [2.75, 3.05) is 7.11 Å². The maximum Gasteiger partial charge on any atom is 0.338 e. The molecule has 4 aliphatic rings. The Morgan fingerprint density at radius 1 is 1.03 bits per heavy atom. The molecule has 0 N–H and O–H groups in total. The topological polar surface area (TPSA) is 52.6 Å². The summed E-state index contributed by atoms with van der Waals surface area (Å²) in [7, 11) is 1.50. The van der Waals surface area contributed by atoms with Crippen molar-refractivity contribution in [3.05, 3.63) is 35.4 Å². The van der Waals surface area contributed by atoms with Gasteiger partial charge in [-0.3, -0.25) is 4.79 Å². The normalized spacial score (nSPS) is 38.9. The number of alkyl halides is 1. The van der Waals surface area contributed by atoms with Crippen molar-refractivity contribution in [3.8, 4) is 0 Å². The number of ether oxygens (including phenoxy) is 2. The van der Waals surface area contributed by atoms with Gasteiger partial charge in [-0.25, -0.2) is 4.79 Å². The van der Waals surface area contributed by atoms with Crippen LogP contribution in [0.25, 0.3) is 0 Å². The lowest BCUT2D eigenvalue weighted by Gasteiger charge is -2.61. The Morgan fingerprint density at radius 3 is 2.55 bits per heavy atom. The molecular weight excluding hydrogens is 496 g/mol. The molecule has 0 heterocycles. The number of fused-ring (bicyclic) bond motifs is 5. The van der Waals surface area contributed by atoms with Crippen molar-refractivity contribution in [1.29, 1.82) is 0 Å². The van der Waals surface area contributed by atoms with Crippen molar-refractivity contribution < 1.29 is 19.1 Å². The van der Waals surface area contributed by atoms with E-state index in [0.717, 1.165) is 48.5 Å². The quantitative estimate of drug-likeness (QED) is 0.257. The van der Waals surface area contributed by atoms with Crippen LogP contribution in [0.1, 0.15) is 107 Å². The van der Waals surface area contributed by atoms with Gasteiger partial charge in [0.05, 0.1) is 12.7 Å². The smallest absolute Gasteiger partial charge is 0.338 e. The molecule has 0 aromatic heterocycles. The van der Waals surface area contributed by atoms with Crippen molar-refractivity contribution in [3.63, 3.8) is 0 Å². The molecule has 1 aromatic rings. The molecule has 38 heavy (non-hydrogen) atoms. The zero-order valence-corrected chi connectivity index (χ0v) is 24.6. The Balaban J connectivity index is 1.22. The molecule has 0 amide bonds. The fourth-order valence-electron chi connectivity index (χ4n) is 9.95. The number of carbonyl (C=O) groups is 2. The summed E-state index contributed by atoms with van der Waals surface area (Å²) in [5.41, 5.74) is 2.33. The van der Waals surface area contributed by atoms with Crippen molar-refractivity contribution in [2.24, 2.45) is 46.3 Å². The Bertz CT molecular complexity index is 1020. The van der Waals surface area contributed by atoms with E-state index in [1.54, 1.807) is 0 Å². The summed E-state index contributed by atoms with van der Waals surface area (Å²) in [6.45, 7) is 7.54. The highest BCUT2D eigenvalue weighted by atomic mass is 35.5. The molecule has 0 saturated heterocycles. The Labute approximate surface area is 234 Å². The molecule has 4 fully saturated rings. The van der Waals surface area contributed by atoms with E-state index in [0.29, 0.717) is 40.5 Å². The zero-order valence-electron chi connectivity index (χ0n) is 23.8. The summed E-state index contributed by atoms with van der Waals surface area (Å²) >= 11 is 5.97. The molecule has 1 aromatic carbocycles. The number of hydrogen-bond donors (Lipinski definition) is 0. The van der Waals surface area contributed by atoms with E-state index in [1.807, 2.05) is 24.3 Å². The number of benzene rings is 1. The van der Waals surface area contributed by atoms with Gasteiger partial charge >= 0.3 is 11.9 Å². The standard InChI is InChI=1S/C33H47ClO4/c1-21(8-13-30(35)37-4)27-11-12-28-26-10-9-24-19-25(38-31(36)23-7-5-6-22(18-23)20-34)14-16-32(24,2)29(26)15-17-33(27,28)3/h5-7,18,21,24-29H,8-17,19-20H2,1-4H3/t21-,24-,25-,26+,27-,28+,29+,32+,33-/m1/s1. The van der Waals surface area contributed by atoms with Gasteiger partial charge in [-0.1, -0.05) is 32.9 Å². The largest absolute Gasteiger partial charge is 0.469 e. The third kappa shape index (κ3) is 5.04. The summed E-state index contributed by atoms with van der Waals surface area (Å²) in [6.07, 6.45) is 12.6. The second-order valence-corrected chi connectivity index (χ2v) is 13.9. The molecule has 4 nitrogen and oxygen atoms in total. The maximum absolute atomic E-state index is 12.9. The van der Waals surface area contributed by atoms with Crippen LogP contribution in [0, 0.1) is 46.3 Å². The molecule has 5 heteroatoms. The van der Waals surface area contributed by atoms with Crippen LogP contribution < -0.4 is 0 Å². The van der Waals surface area contributed by atoms with E-state index in [1.165, 1.54) is 52.1 Å². The number of methoxy groups -OCH3 is 1. The van der Waals surface area contributed by atoms with Gasteiger partial charge in [0.25, 0.3) is 0 Å². The van der Waals surface area contributed by atoms with Gasteiger partial charge in [-0.05, 0) is 128 Å². The van der Waals surface area contributed by atoms with Gasteiger partial charge in [0, 0.05) is 12.3 Å². The van der Waals surface area contributed by atoms with E-state index in [4.69, 9.17) is 21.1 Å². The van der Waals surface area contributed by atoms with Crippen LogP contribution in [0.4, 0.5) is 0 Å². The molecule has 0 radical (unpaired) electrons. The molecule has 4 saturated carbocycles. The first-order valence-electron chi connectivity index (χ1n) is 15.1. The molecule has 0 aliphatic heterocycles. The molecular formula is C33H47ClO4. The third-order valence-electron chi connectivity index (χ3n) is 12.0. The molecule has 0 bridgehead atoms. The van der Waals surface area contributed by atoms with Gasteiger partial charge in [-0.2, -0.15) is 0 Å². The van der Waals surface area contributed by atoms with Crippen molar-refractivity contribution in [2.45, 2.75) is 103 Å². The fourth-order valence-corrected chi connectivity index (χ4v) is 10.1. The van der Waals surface area contributed by atoms with Gasteiger partial charge in [-0.15, -0.1) is 11.6 Å². The maximum atomic E-state index is 12.9. The van der Waals surface area contributed by atoms with E-state index in [9.17, 15) is 9.59 Å². The van der Waals surface area contributed by atoms with Crippen LogP contribution in [-0.4, -0.2) is 25.2 Å². The predicted molar refractivity (Wildman–Crippen MR) is 151 cm³/mol. The van der Waals surface area contributed by atoms with E-state index in [2.05, 4.69) is 20.8 Å². The monoisotopic (exact) mass is 542 g/mol. The van der Waals surface area contributed by atoms with Crippen molar-refractivity contribution >= 4 is 23.5 Å². The minimum Gasteiger partial charge on any atom is -0.469 e. The Kier molecular flexibility index (Phi) is 8.21. The van der Waals surface area contributed by atoms with Crippen LogP contribution in [0.2, 0.25) is 0 Å². The molecule has 210 valence electrons. The Hall–Kier alpha value is -1.55. The fraction of sp³-hybridized carbons (Fsp3) is 0.758. The van der Waals surface area contributed by atoms with Gasteiger partial charge in [0.15, 0.2) is 0 Å². The number of rotatable bonds is 7. The van der Waals surface area contributed by atoms with Crippen LogP contribution in [0.15, 0.2) is 24.3 Å². The minimum atomic E-state index is -0.203. The highest BCUT2D eigenvalue weighted by Crippen LogP contribution is 2.68. The van der Waals surface area contributed by atoms with Crippen LogP contribution in [-0.2, 0) is 20.1 Å². The Morgan fingerprint density at radius 2 is 1.79 bits per heavy atom. The summed E-state index contributed by atoms with van der Waals surface area (Å²) in [4.78, 5) is 24.7. The number of hydrogen-bond acceptors (Lipinski definition) is 4. The summed E-state index contributed by atoms with van der Waals surface area (Å²) in [5, 5.41) is 0. The first kappa shape index (κ1) is 28.0. The van der Waals surface area contributed by atoms with Crippen LogP contribution in [0.5, 0.6) is 0 Å². The average molecular weight is 543 g/mol. The number of carbonyl (C=O) groups excluding carboxylic acids is 2. The zero-order chi connectivity index (χ0) is 27.1. The number of halogens is 1. The lowest BCUT2D eigenvalue weighted by atomic mass is 9.44. The number of esters is 2.